The van der Waals surface area contributed by atoms with Crippen LogP contribution in [-0.4, -0.2) is 49.0 Å². The Balaban J connectivity index is 2.29. The zero-order valence-corrected chi connectivity index (χ0v) is 8.66. The van der Waals surface area contributed by atoms with Gasteiger partial charge in [-0.1, -0.05) is 0 Å². The van der Waals surface area contributed by atoms with E-state index < -0.39 is 0 Å². The Morgan fingerprint density at radius 3 is 2.93 bits per heavy atom. The molecule has 0 radical (unpaired) electrons. The van der Waals surface area contributed by atoms with E-state index >= 15 is 0 Å². The topological polar surface area (TPSA) is 49.5 Å². The molecule has 3 N–H and O–H groups in total. The Hall–Kier alpha value is -0.190. The van der Waals surface area contributed by atoms with Crippen molar-refractivity contribution in [2.45, 2.75) is 25.4 Å². The van der Waals surface area contributed by atoms with Gasteiger partial charge in [-0.25, -0.2) is 0 Å². The average molecular weight is 204 g/mol. The van der Waals surface area contributed by atoms with Crippen molar-refractivity contribution in [1.29, 1.82) is 0 Å². The van der Waals surface area contributed by atoms with Crippen LogP contribution in [0.15, 0.2) is 0 Å². The largest absolute Gasteiger partial charge is 0.393 e. The van der Waals surface area contributed by atoms with Gasteiger partial charge < -0.3 is 15.7 Å². The number of nitrogens with two attached hydrogens (primary N) is 1. The van der Waals surface area contributed by atoms with Crippen LogP contribution in [0.5, 0.6) is 0 Å². The monoisotopic (exact) mass is 204 g/mol. The standard InChI is InChI=1S/C10H21FN2O/c11-4-2-9-8-13(6-1-5-12)7-3-10(9)14/h9-10,14H,1-8,12H2/t9-,10+/m1/s1. The number of hydrogen-bond acceptors (Lipinski definition) is 3. The van der Waals surface area contributed by atoms with Crippen LogP contribution < -0.4 is 5.73 Å². The van der Waals surface area contributed by atoms with Gasteiger partial charge >= 0.3 is 0 Å². The van der Waals surface area contributed by atoms with E-state index in [0.717, 1.165) is 32.5 Å². The first-order chi connectivity index (χ1) is 6.77. The number of likely N-dealkylation sites (tertiary alicyclic amines) is 1. The molecule has 0 spiro atoms. The van der Waals surface area contributed by atoms with E-state index in [-0.39, 0.29) is 18.7 Å². The molecular formula is C10H21FN2O. The number of aliphatic hydroxyl groups is 1. The van der Waals surface area contributed by atoms with Crippen LogP contribution >= 0.6 is 0 Å². The molecule has 1 aliphatic heterocycles. The Labute approximate surface area is 85.1 Å². The molecular weight excluding hydrogens is 183 g/mol. The summed E-state index contributed by atoms with van der Waals surface area (Å²) < 4.78 is 12.2. The van der Waals surface area contributed by atoms with Crippen LogP contribution in [0.2, 0.25) is 0 Å². The quantitative estimate of drug-likeness (QED) is 0.680. The summed E-state index contributed by atoms with van der Waals surface area (Å²) in [5.74, 6) is 0.117. The second-order valence-electron chi connectivity index (χ2n) is 4.04. The van der Waals surface area contributed by atoms with E-state index in [4.69, 9.17) is 5.73 Å². The molecule has 0 aromatic rings. The van der Waals surface area contributed by atoms with Crippen LogP contribution in [0.25, 0.3) is 0 Å². The average Bonchev–Trinajstić information content (AvgIpc) is 2.19. The number of aliphatic hydroxyl groups excluding tert-OH is 1. The fourth-order valence-electron chi connectivity index (χ4n) is 2.04. The van der Waals surface area contributed by atoms with E-state index in [1.54, 1.807) is 0 Å². The molecule has 0 amide bonds. The molecule has 14 heavy (non-hydrogen) atoms. The van der Waals surface area contributed by atoms with Crippen molar-refractivity contribution in [2.75, 3.05) is 32.9 Å². The maximum atomic E-state index is 12.2. The van der Waals surface area contributed by atoms with Gasteiger partial charge in [0.05, 0.1) is 12.8 Å². The summed E-state index contributed by atoms with van der Waals surface area (Å²) in [6.07, 6.45) is 1.94. The lowest BCUT2D eigenvalue weighted by Crippen LogP contribution is -2.43. The lowest BCUT2D eigenvalue weighted by atomic mass is 9.92. The Morgan fingerprint density at radius 2 is 2.29 bits per heavy atom. The molecule has 1 heterocycles. The van der Waals surface area contributed by atoms with E-state index in [9.17, 15) is 9.50 Å². The summed E-state index contributed by atoms with van der Waals surface area (Å²) in [7, 11) is 0. The molecule has 0 saturated carbocycles. The Morgan fingerprint density at radius 1 is 1.50 bits per heavy atom. The predicted molar refractivity (Wildman–Crippen MR) is 54.8 cm³/mol. The summed E-state index contributed by atoms with van der Waals surface area (Å²) in [5.41, 5.74) is 5.43. The number of hydrogen-bond donors (Lipinski definition) is 2. The molecule has 0 aliphatic carbocycles. The first-order valence-electron chi connectivity index (χ1n) is 5.44. The molecule has 2 atom stereocenters. The highest BCUT2D eigenvalue weighted by molar-refractivity contribution is 4.79. The van der Waals surface area contributed by atoms with Gasteiger partial charge in [-0.15, -0.1) is 0 Å². The fourth-order valence-corrected chi connectivity index (χ4v) is 2.04. The van der Waals surface area contributed by atoms with Gasteiger partial charge in [0.25, 0.3) is 0 Å². The van der Waals surface area contributed by atoms with Gasteiger partial charge in [0.1, 0.15) is 0 Å². The molecule has 0 unspecified atom stereocenters. The van der Waals surface area contributed by atoms with Crippen molar-refractivity contribution >= 4 is 0 Å². The molecule has 1 aliphatic rings. The summed E-state index contributed by atoms with van der Waals surface area (Å²) in [5, 5.41) is 9.63. The van der Waals surface area contributed by atoms with Crippen molar-refractivity contribution in [2.24, 2.45) is 11.7 Å². The van der Waals surface area contributed by atoms with Gasteiger partial charge in [-0.05, 0) is 32.4 Å². The highest BCUT2D eigenvalue weighted by atomic mass is 19.1. The third-order valence-electron chi connectivity index (χ3n) is 2.94. The van der Waals surface area contributed by atoms with Crippen molar-refractivity contribution in [3.8, 4) is 0 Å². The van der Waals surface area contributed by atoms with Gasteiger partial charge in [0, 0.05) is 19.0 Å². The van der Waals surface area contributed by atoms with Crippen LogP contribution in [0.3, 0.4) is 0 Å². The minimum atomic E-state index is -0.327. The first kappa shape index (κ1) is 11.9. The number of alkyl halides is 1. The zero-order valence-electron chi connectivity index (χ0n) is 8.66. The van der Waals surface area contributed by atoms with E-state index in [1.165, 1.54) is 0 Å². The second-order valence-corrected chi connectivity index (χ2v) is 4.04. The Kier molecular flexibility index (Phi) is 5.37. The normalized spacial score (nSPS) is 29.4. The van der Waals surface area contributed by atoms with Crippen molar-refractivity contribution in [3.63, 3.8) is 0 Å². The van der Waals surface area contributed by atoms with Crippen LogP contribution in [0.1, 0.15) is 19.3 Å². The molecule has 1 saturated heterocycles. The van der Waals surface area contributed by atoms with Crippen LogP contribution in [-0.2, 0) is 0 Å². The zero-order chi connectivity index (χ0) is 10.4. The first-order valence-corrected chi connectivity index (χ1v) is 5.44. The van der Waals surface area contributed by atoms with E-state index in [0.29, 0.717) is 13.0 Å². The number of piperidine rings is 1. The maximum absolute atomic E-state index is 12.2. The minimum absolute atomic E-state index is 0.117. The van der Waals surface area contributed by atoms with Crippen molar-refractivity contribution in [1.82, 2.24) is 4.90 Å². The van der Waals surface area contributed by atoms with Gasteiger partial charge in [-0.3, -0.25) is 4.39 Å². The third kappa shape index (κ3) is 3.52. The highest BCUT2D eigenvalue weighted by Gasteiger charge is 2.26. The van der Waals surface area contributed by atoms with Crippen molar-refractivity contribution < 1.29 is 9.50 Å². The summed E-state index contributed by atoms with van der Waals surface area (Å²) in [6.45, 7) is 3.10. The van der Waals surface area contributed by atoms with E-state index in [2.05, 4.69) is 4.90 Å². The predicted octanol–water partition coefficient (Wildman–Crippen LogP) is 0.378. The third-order valence-corrected chi connectivity index (χ3v) is 2.94. The minimum Gasteiger partial charge on any atom is -0.393 e. The number of rotatable bonds is 5. The van der Waals surface area contributed by atoms with Crippen LogP contribution in [0, 0.1) is 5.92 Å². The molecule has 0 bridgehead atoms. The number of halogens is 1. The molecule has 0 aromatic carbocycles. The maximum Gasteiger partial charge on any atom is 0.0898 e. The number of nitrogens with zero attached hydrogens (tertiary/aromatic N) is 1. The summed E-state index contributed by atoms with van der Waals surface area (Å²) >= 11 is 0. The van der Waals surface area contributed by atoms with Gasteiger partial charge in [0.2, 0.25) is 0 Å². The molecule has 0 aromatic heterocycles. The smallest absolute Gasteiger partial charge is 0.0898 e. The molecule has 1 rings (SSSR count). The highest BCUT2D eigenvalue weighted by Crippen LogP contribution is 2.20. The molecule has 4 heteroatoms. The van der Waals surface area contributed by atoms with Crippen LogP contribution in [0.4, 0.5) is 4.39 Å². The summed E-state index contributed by atoms with van der Waals surface area (Å²) in [6, 6.07) is 0. The lowest BCUT2D eigenvalue weighted by molar-refractivity contribution is 0.0201. The molecule has 1 fully saturated rings. The second kappa shape index (κ2) is 6.32. The fraction of sp³-hybridized carbons (Fsp3) is 1.00. The lowest BCUT2D eigenvalue weighted by Gasteiger charge is -2.35. The Bertz CT molecular complexity index is 155. The van der Waals surface area contributed by atoms with Gasteiger partial charge in [-0.2, -0.15) is 0 Å². The van der Waals surface area contributed by atoms with E-state index in [1.807, 2.05) is 0 Å². The summed E-state index contributed by atoms with van der Waals surface area (Å²) in [4.78, 5) is 2.28. The molecule has 3 nitrogen and oxygen atoms in total. The SMILES string of the molecule is NCCCN1CC[C@H](O)[C@H](CCF)C1. The van der Waals surface area contributed by atoms with Gasteiger partial charge in [0.15, 0.2) is 0 Å². The molecule has 84 valence electrons. The van der Waals surface area contributed by atoms with Crippen molar-refractivity contribution in [3.05, 3.63) is 0 Å².